The zero-order chi connectivity index (χ0) is 8.10. The Bertz CT molecular complexity index is 102. The molecule has 1 atom stereocenters. The van der Waals surface area contributed by atoms with E-state index < -0.39 is 0 Å². The standard InChI is InChI=1S/C8H18N2O/c1-8(7-9-2)10-3-5-11-6-4-10/h8-9H,3-7H2,1-2H3/t8-/m1/s1. The summed E-state index contributed by atoms with van der Waals surface area (Å²) >= 11 is 0. The van der Waals surface area contributed by atoms with Gasteiger partial charge in [0.05, 0.1) is 13.2 Å². The quantitative estimate of drug-likeness (QED) is 0.622. The van der Waals surface area contributed by atoms with Crippen LogP contribution in [-0.2, 0) is 4.74 Å². The molecule has 66 valence electrons. The van der Waals surface area contributed by atoms with E-state index in [1.807, 2.05) is 7.05 Å². The van der Waals surface area contributed by atoms with Crippen molar-refractivity contribution in [3.05, 3.63) is 0 Å². The topological polar surface area (TPSA) is 24.5 Å². The van der Waals surface area contributed by atoms with Crippen molar-refractivity contribution < 1.29 is 4.74 Å². The van der Waals surface area contributed by atoms with Gasteiger partial charge < -0.3 is 10.1 Å². The largest absolute Gasteiger partial charge is 0.379 e. The first-order valence-corrected chi connectivity index (χ1v) is 4.31. The summed E-state index contributed by atoms with van der Waals surface area (Å²) in [6, 6.07) is 0.642. The van der Waals surface area contributed by atoms with E-state index in [9.17, 15) is 0 Å². The van der Waals surface area contributed by atoms with Crippen molar-refractivity contribution in [3.8, 4) is 0 Å². The second-order valence-corrected chi connectivity index (χ2v) is 3.06. The van der Waals surface area contributed by atoms with E-state index in [1.165, 1.54) is 0 Å². The van der Waals surface area contributed by atoms with Crippen LogP contribution in [0, 0.1) is 0 Å². The second-order valence-electron chi connectivity index (χ2n) is 3.06. The van der Waals surface area contributed by atoms with Crippen LogP contribution in [-0.4, -0.2) is 50.8 Å². The smallest absolute Gasteiger partial charge is 0.0594 e. The molecule has 0 amide bonds. The summed E-state index contributed by atoms with van der Waals surface area (Å²) in [5.74, 6) is 0. The Morgan fingerprint density at radius 3 is 2.64 bits per heavy atom. The van der Waals surface area contributed by atoms with Gasteiger partial charge in [0.1, 0.15) is 0 Å². The van der Waals surface area contributed by atoms with E-state index in [1.54, 1.807) is 0 Å². The number of hydrogen-bond donors (Lipinski definition) is 1. The molecule has 11 heavy (non-hydrogen) atoms. The van der Waals surface area contributed by atoms with Crippen LogP contribution in [0.1, 0.15) is 6.92 Å². The lowest BCUT2D eigenvalue weighted by Crippen LogP contribution is -2.45. The van der Waals surface area contributed by atoms with E-state index in [0.29, 0.717) is 6.04 Å². The van der Waals surface area contributed by atoms with Crippen molar-refractivity contribution in [2.45, 2.75) is 13.0 Å². The second kappa shape index (κ2) is 4.70. The number of nitrogens with zero attached hydrogens (tertiary/aromatic N) is 1. The molecule has 1 aliphatic heterocycles. The average molecular weight is 158 g/mol. The summed E-state index contributed by atoms with van der Waals surface area (Å²) in [6.45, 7) is 7.29. The molecule has 1 heterocycles. The lowest BCUT2D eigenvalue weighted by Gasteiger charge is -2.32. The first-order chi connectivity index (χ1) is 5.34. The summed E-state index contributed by atoms with van der Waals surface area (Å²) in [7, 11) is 2.00. The summed E-state index contributed by atoms with van der Waals surface area (Å²) in [5, 5.41) is 3.18. The van der Waals surface area contributed by atoms with Crippen LogP contribution in [0.15, 0.2) is 0 Å². The Balaban J connectivity index is 2.21. The number of likely N-dealkylation sites (N-methyl/N-ethyl adjacent to an activating group) is 1. The minimum atomic E-state index is 0.642. The van der Waals surface area contributed by atoms with Gasteiger partial charge >= 0.3 is 0 Å². The Morgan fingerprint density at radius 2 is 2.09 bits per heavy atom. The molecule has 0 saturated carbocycles. The lowest BCUT2D eigenvalue weighted by molar-refractivity contribution is 0.0207. The zero-order valence-electron chi connectivity index (χ0n) is 7.47. The van der Waals surface area contributed by atoms with Crippen molar-refractivity contribution in [1.82, 2.24) is 10.2 Å². The Labute approximate surface area is 68.7 Å². The zero-order valence-corrected chi connectivity index (χ0v) is 7.47. The van der Waals surface area contributed by atoms with Crippen LogP contribution in [0.2, 0.25) is 0 Å². The fraction of sp³-hybridized carbons (Fsp3) is 1.00. The molecule has 0 aliphatic carbocycles. The minimum Gasteiger partial charge on any atom is -0.379 e. The van der Waals surface area contributed by atoms with Crippen molar-refractivity contribution in [2.75, 3.05) is 39.9 Å². The number of ether oxygens (including phenoxy) is 1. The van der Waals surface area contributed by atoms with E-state index in [-0.39, 0.29) is 0 Å². The van der Waals surface area contributed by atoms with Gasteiger partial charge in [-0.1, -0.05) is 0 Å². The molecular formula is C8H18N2O. The van der Waals surface area contributed by atoms with Crippen LogP contribution in [0.3, 0.4) is 0 Å². The third-order valence-corrected chi connectivity index (χ3v) is 2.17. The first kappa shape index (κ1) is 8.97. The van der Waals surface area contributed by atoms with Crippen LogP contribution in [0.4, 0.5) is 0 Å². The molecule has 0 aromatic carbocycles. The SMILES string of the molecule is CNC[C@@H](C)N1CCOCC1. The molecular weight excluding hydrogens is 140 g/mol. The highest BCUT2D eigenvalue weighted by Gasteiger charge is 2.15. The van der Waals surface area contributed by atoms with Gasteiger partial charge in [-0.2, -0.15) is 0 Å². The number of nitrogens with one attached hydrogen (secondary N) is 1. The highest BCUT2D eigenvalue weighted by Crippen LogP contribution is 2.01. The fourth-order valence-electron chi connectivity index (χ4n) is 1.44. The van der Waals surface area contributed by atoms with Crippen molar-refractivity contribution in [2.24, 2.45) is 0 Å². The molecule has 0 aromatic heterocycles. The highest BCUT2D eigenvalue weighted by molar-refractivity contribution is 4.70. The number of morpholine rings is 1. The van der Waals surface area contributed by atoms with E-state index >= 15 is 0 Å². The summed E-state index contributed by atoms with van der Waals surface area (Å²) in [6.07, 6.45) is 0. The van der Waals surface area contributed by atoms with Gasteiger partial charge in [0, 0.05) is 25.7 Å². The molecule has 0 spiro atoms. The molecule has 1 saturated heterocycles. The predicted octanol–water partition coefficient (Wildman–Crippen LogP) is -0.0735. The van der Waals surface area contributed by atoms with Crippen molar-refractivity contribution in [3.63, 3.8) is 0 Å². The third kappa shape index (κ3) is 2.77. The van der Waals surface area contributed by atoms with Gasteiger partial charge in [-0.3, -0.25) is 4.90 Å². The van der Waals surface area contributed by atoms with Crippen molar-refractivity contribution in [1.29, 1.82) is 0 Å². The first-order valence-electron chi connectivity index (χ1n) is 4.31. The van der Waals surface area contributed by atoms with Crippen LogP contribution in [0.25, 0.3) is 0 Å². The molecule has 1 fully saturated rings. The van der Waals surface area contributed by atoms with E-state index in [4.69, 9.17) is 4.74 Å². The molecule has 1 aliphatic rings. The van der Waals surface area contributed by atoms with E-state index in [0.717, 1.165) is 32.8 Å². The predicted molar refractivity (Wildman–Crippen MR) is 45.8 cm³/mol. The monoisotopic (exact) mass is 158 g/mol. The molecule has 0 radical (unpaired) electrons. The van der Waals surface area contributed by atoms with Gasteiger partial charge in [-0.15, -0.1) is 0 Å². The van der Waals surface area contributed by atoms with Gasteiger partial charge in [0.2, 0.25) is 0 Å². The fourth-order valence-corrected chi connectivity index (χ4v) is 1.44. The van der Waals surface area contributed by atoms with Gasteiger partial charge in [0.25, 0.3) is 0 Å². The van der Waals surface area contributed by atoms with Gasteiger partial charge in [-0.25, -0.2) is 0 Å². The number of hydrogen-bond acceptors (Lipinski definition) is 3. The number of rotatable bonds is 3. The summed E-state index contributed by atoms with van der Waals surface area (Å²) < 4.78 is 5.27. The minimum absolute atomic E-state index is 0.642. The lowest BCUT2D eigenvalue weighted by atomic mass is 10.2. The molecule has 3 heteroatoms. The molecule has 3 nitrogen and oxygen atoms in total. The maximum Gasteiger partial charge on any atom is 0.0594 e. The Morgan fingerprint density at radius 1 is 1.45 bits per heavy atom. The van der Waals surface area contributed by atoms with Gasteiger partial charge in [-0.05, 0) is 14.0 Å². The summed E-state index contributed by atoms with van der Waals surface area (Å²) in [4.78, 5) is 2.46. The normalized spacial score (nSPS) is 23.5. The van der Waals surface area contributed by atoms with Crippen LogP contribution in [0.5, 0.6) is 0 Å². The van der Waals surface area contributed by atoms with Gasteiger partial charge in [0.15, 0.2) is 0 Å². The Kier molecular flexibility index (Phi) is 3.83. The maximum absolute atomic E-state index is 5.27. The molecule has 0 unspecified atom stereocenters. The van der Waals surface area contributed by atoms with Crippen LogP contribution < -0.4 is 5.32 Å². The molecule has 1 rings (SSSR count). The van der Waals surface area contributed by atoms with Crippen molar-refractivity contribution >= 4 is 0 Å². The average Bonchev–Trinajstić information content (AvgIpc) is 2.07. The van der Waals surface area contributed by atoms with E-state index in [2.05, 4.69) is 17.1 Å². The molecule has 1 N–H and O–H groups in total. The Hall–Kier alpha value is -0.120. The molecule has 0 bridgehead atoms. The van der Waals surface area contributed by atoms with Crippen LogP contribution >= 0.6 is 0 Å². The molecule has 0 aromatic rings. The third-order valence-electron chi connectivity index (χ3n) is 2.17. The maximum atomic E-state index is 5.27. The highest BCUT2D eigenvalue weighted by atomic mass is 16.5. The summed E-state index contributed by atoms with van der Waals surface area (Å²) in [5.41, 5.74) is 0.